The quantitative estimate of drug-likeness (QED) is 0.773. The highest BCUT2D eigenvalue weighted by Gasteiger charge is 2.41. The van der Waals surface area contributed by atoms with Crippen LogP contribution in [0.25, 0.3) is 0 Å². The maximum Gasteiger partial charge on any atom is 0.261 e. The Hall–Kier alpha value is -1.81. The highest BCUT2D eigenvalue weighted by atomic mass is 35.5. The number of benzene rings is 2. The molecule has 0 saturated carbocycles. The van der Waals surface area contributed by atoms with Crippen LogP contribution in [-0.2, 0) is 24.8 Å². The lowest BCUT2D eigenvalue weighted by molar-refractivity contribution is -0.119. The van der Waals surface area contributed by atoms with Crippen LogP contribution in [0.3, 0.4) is 0 Å². The first-order chi connectivity index (χ1) is 12.5. The molecule has 1 aliphatic rings. The van der Waals surface area contributed by atoms with Crippen LogP contribution in [-0.4, -0.2) is 28.5 Å². The van der Waals surface area contributed by atoms with E-state index in [1.165, 1.54) is 49.4 Å². The fraction of sp³-hybridized carbons (Fsp3) is 0.188. The van der Waals surface area contributed by atoms with E-state index in [9.17, 15) is 21.6 Å². The van der Waals surface area contributed by atoms with Gasteiger partial charge in [-0.1, -0.05) is 30.1 Å². The molecular formula is C16H14Cl2N2O5S2. The minimum Gasteiger partial charge on any atom is -0.278 e. The van der Waals surface area contributed by atoms with Crippen molar-refractivity contribution in [3.05, 3.63) is 52.5 Å². The highest BCUT2D eigenvalue weighted by Crippen LogP contribution is 2.31. The molecule has 1 N–H and O–H groups in total. The summed E-state index contributed by atoms with van der Waals surface area (Å²) < 4.78 is 52.3. The summed E-state index contributed by atoms with van der Waals surface area (Å²) >= 11 is 11.8. The van der Waals surface area contributed by atoms with E-state index in [0.717, 1.165) is 0 Å². The maximum atomic E-state index is 12.5. The van der Waals surface area contributed by atoms with E-state index >= 15 is 0 Å². The Morgan fingerprint density at radius 1 is 1.11 bits per heavy atom. The van der Waals surface area contributed by atoms with Crippen LogP contribution in [0.1, 0.15) is 6.92 Å². The van der Waals surface area contributed by atoms with Crippen molar-refractivity contribution in [1.29, 1.82) is 0 Å². The zero-order valence-electron chi connectivity index (χ0n) is 13.9. The van der Waals surface area contributed by atoms with Gasteiger partial charge in [0.05, 0.1) is 33.0 Å². The van der Waals surface area contributed by atoms with Crippen molar-refractivity contribution < 1.29 is 21.6 Å². The summed E-state index contributed by atoms with van der Waals surface area (Å²) in [4.78, 5) is 12.0. The lowest BCUT2D eigenvalue weighted by Gasteiger charge is -2.16. The second-order valence-electron chi connectivity index (χ2n) is 6.01. The van der Waals surface area contributed by atoms with Gasteiger partial charge in [-0.2, -0.15) is 0 Å². The van der Waals surface area contributed by atoms with Gasteiger partial charge in [0.15, 0.2) is 0 Å². The molecule has 27 heavy (non-hydrogen) atoms. The summed E-state index contributed by atoms with van der Waals surface area (Å²) in [7, 11) is -7.75. The Balaban J connectivity index is 1.91. The number of hydrogen-bond acceptors (Lipinski definition) is 5. The Morgan fingerprint density at radius 2 is 1.74 bits per heavy atom. The predicted molar refractivity (Wildman–Crippen MR) is 104 cm³/mol. The van der Waals surface area contributed by atoms with E-state index in [0.29, 0.717) is 9.33 Å². The van der Waals surface area contributed by atoms with E-state index in [-0.39, 0.29) is 27.0 Å². The first kappa shape index (κ1) is 19.9. The van der Waals surface area contributed by atoms with Gasteiger partial charge in [-0.15, -0.1) is 0 Å². The summed E-state index contributed by atoms with van der Waals surface area (Å²) in [5.74, 6) is -1.47. The molecule has 0 spiro atoms. The Kier molecular flexibility index (Phi) is 5.15. The number of sulfonamides is 2. The van der Waals surface area contributed by atoms with Gasteiger partial charge >= 0.3 is 0 Å². The first-order valence-corrected chi connectivity index (χ1v) is 11.5. The number of hydrogen-bond donors (Lipinski definition) is 1. The number of nitrogens with one attached hydrogen (secondary N) is 1. The minimum atomic E-state index is -3.99. The van der Waals surface area contributed by atoms with E-state index < -0.39 is 31.9 Å². The summed E-state index contributed by atoms with van der Waals surface area (Å²) in [6, 6.07) is 9.29. The Labute approximate surface area is 167 Å². The molecule has 7 nitrogen and oxygen atoms in total. The van der Waals surface area contributed by atoms with E-state index in [1.54, 1.807) is 0 Å². The number of rotatable bonds is 4. The lowest BCUT2D eigenvalue weighted by Crippen LogP contribution is -2.30. The zero-order chi connectivity index (χ0) is 20.0. The third-order valence-corrected chi connectivity index (χ3v) is 7.73. The SMILES string of the molecule is CC1CS(=O)(=O)N(c2ccc(S(=O)(=O)Nc3cc(Cl)ccc3Cl)cc2)C1=O. The fourth-order valence-electron chi connectivity index (χ4n) is 2.63. The molecule has 1 amide bonds. The van der Waals surface area contributed by atoms with Crippen molar-refractivity contribution >= 4 is 60.5 Å². The van der Waals surface area contributed by atoms with Crippen molar-refractivity contribution in [1.82, 2.24) is 0 Å². The number of halogens is 2. The van der Waals surface area contributed by atoms with Gasteiger partial charge in [-0.25, -0.2) is 21.1 Å². The predicted octanol–water partition coefficient (Wildman–Crippen LogP) is 3.11. The lowest BCUT2D eigenvalue weighted by atomic mass is 10.2. The van der Waals surface area contributed by atoms with Crippen molar-refractivity contribution in [3.63, 3.8) is 0 Å². The molecule has 1 saturated heterocycles. The largest absolute Gasteiger partial charge is 0.278 e. The number of carbonyl (C=O) groups is 1. The first-order valence-electron chi connectivity index (χ1n) is 7.66. The molecule has 1 atom stereocenters. The fourth-order valence-corrected chi connectivity index (χ4v) is 5.91. The molecule has 144 valence electrons. The standard InChI is InChI=1S/C16H14Cl2N2O5S2/c1-10-9-26(22,23)20(16(10)21)12-3-5-13(6-4-12)27(24,25)19-15-8-11(17)2-7-14(15)18/h2-8,10,19H,9H2,1H3. The van der Waals surface area contributed by atoms with Crippen LogP contribution in [0.4, 0.5) is 11.4 Å². The van der Waals surface area contributed by atoms with Crippen LogP contribution in [0.5, 0.6) is 0 Å². The van der Waals surface area contributed by atoms with Crippen molar-refractivity contribution in [2.24, 2.45) is 5.92 Å². The van der Waals surface area contributed by atoms with Gasteiger partial charge in [0, 0.05) is 5.02 Å². The topological polar surface area (TPSA) is 101 Å². The van der Waals surface area contributed by atoms with Crippen LogP contribution < -0.4 is 9.03 Å². The normalized spacial score (nSPS) is 19.3. The molecular weight excluding hydrogens is 435 g/mol. The summed E-state index contributed by atoms with van der Waals surface area (Å²) in [5, 5.41) is 0.474. The van der Waals surface area contributed by atoms with Crippen molar-refractivity contribution in [2.75, 3.05) is 14.8 Å². The molecule has 3 rings (SSSR count). The smallest absolute Gasteiger partial charge is 0.261 e. The third-order valence-electron chi connectivity index (χ3n) is 3.91. The molecule has 0 radical (unpaired) electrons. The Morgan fingerprint density at radius 3 is 2.30 bits per heavy atom. The molecule has 1 fully saturated rings. The number of carbonyl (C=O) groups excluding carboxylic acids is 1. The summed E-state index contributed by atoms with van der Waals surface area (Å²) in [5.41, 5.74) is 0.198. The van der Waals surface area contributed by atoms with Gasteiger partial charge in [0.1, 0.15) is 0 Å². The second-order valence-corrected chi connectivity index (χ2v) is 10.4. The van der Waals surface area contributed by atoms with Crippen LogP contribution >= 0.6 is 23.2 Å². The highest BCUT2D eigenvalue weighted by molar-refractivity contribution is 7.94. The number of amides is 1. The average Bonchev–Trinajstić information content (AvgIpc) is 2.78. The van der Waals surface area contributed by atoms with Crippen molar-refractivity contribution in [2.45, 2.75) is 11.8 Å². The summed E-state index contributed by atoms with van der Waals surface area (Å²) in [6.07, 6.45) is 0. The Bertz CT molecular complexity index is 1120. The molecule has 1 aliphatic heterocycles. The van der Waals surface area contributed by atoms with Gasteiger partial charge in [-0.3, -0.25) is 9.52 Å². The van der Waals surface area contributed by atoms with E-state index in [2.05, 4.69) is 4.72 Å². The van der Waals surface area contributed by atoms with Crippen LogP contribution in [0, 0.1) is 5.92 Å². The minimum absolute atomic E-state index is 0.0871. The average molecular weight is 449 g/mol. The van der Waals surface area contributed by atoms with Crippen LogP contribution in [0.2, 0.25) is 10.0 Å². The molecule has 2 aromatic carbocycles. The van der Waals surface area contributed by atoms with Gasteiger partial charge < -0.3 is 0 Å². The summed E-state index contributed by atoms with van der Waals surface area (Å²) in [6.45, 7) is 1.53. The molecule has 1 heterocycles. The second kappa shape index (κ2) is 6.97. The zero-order valence-corrected chi connectivity index (χ0v) is 17.0. The molecule has 0 aliphatic carbocycles. The molecule has 0 aromatic heterocycles. The molecule has 0 bridgehead atoms. The maximum absolute atomic E-state index is 12.5. The van der Waals surface area contributed by atoms with E-state index in [1.807, 2.05) is 0 Å². The number of nitrogens with zero attached hydrogens (tertiary/aromatic N) is 1. The number of anilines is 2. The van der Waals surface area contributed by atoms with Gasteiger partial charge in [-0.05, 0) is 42.5 Å². The monoisotopic (exact) mass is 448 g/mol. The van der Waals surface area contributed by atoms with Gasteiger partial charge in [0.25, 0.3) is 10.0 Å². The van der Waals surface area contributed by atoms with E-state index in [4.69, 9.17) is 23.2 Å². The molecule has 11 heteroatoms. The van der Waals surface area contributed by atoms with Gasteiger partial charge in [0.2, 0.25) is 15.9 Å². The molecule has 1 unspecified atom stereocenters. The third kappa shape index (κ3) is 3.91. The van der Waals surface area contributed by atoms with Crippen molar-refractivity contribution in [3.8, 4) is 0 Å². The van der Waals surface area contributed by atoms with Crippen LogP contribution in [0.15, 0.2) is 47.4 Å². The molecule has 2 aromatic rings.